The summed E-state index contributed by atoms with van der Waals surface area (Å²) < 4.78 is 5.93. The number of carbonyl (C=O) groups is 1. The van der Waals surface area contributed by atoms with Crippen molar-refractivity contribution in [3.63, 3.8) is 0 Å². The van der Waals surface area contributed by atoms with E-state index in [9.17, 15) is 4.79 Å². The number of benzene rings is 1. The van der Waals surface area contributed by atoms with Crippen LogP contribution in [0.1, 0.15) is 31.2 Å². The standard InChI is InChI=1S/C22H24N6O2.H2S/c1-14(18-5-4-6-20-22(18)30-8-7-28(20)16(3)29)10-25-21-9-19(26-13-27-21)17-11-23-15(2)24-12-17;/h4-6,9,11-14H,7-8,10H2,1-3H3,(H,25,26,27);1H2/t14-;/m1./s1. The second-order valence-corrected chi connectivity index (χ2v) is 7.30. The predicted molar refractivity (Wildman–Crippen MR) is 125 cm³/mol. The summed E-state index contributed by atoms with van der Waals surface area (Å²) in [7, 11) is 0. The maximum atomic E-state index is 12.0. The van der Waals surface area contributed by atoms with Crippen LogP contribution >= 0.6 is 13.5 Å². The van der Waals surface area contributed by atoms with Crippen LogP contribution in [0.15, 0.2) is 43.0 Å². The molecule has 0 saturated carbocycles. The van der Waals surface area contributed by atoms with Crippen LogP contribution in [0.5, 0.6) is 5.75 Å². The molecule has 3 aromatic rings. The van der Waals surface area contributed by atoms with Gasteiger partial charge < -0.3 is 15.0 Å². The zero-order chi connectivity index (χ0) is 21.1. The Morgan fingerprint density at radius 3 is 2.74 bits per heavy atom. The van der Waals surface area contributed by atoms with Crippen LogP contribution < -0.4 is 15.0 Å². The Labute approximate surface area is 188 Å². The number of para-hydroxylation sites is 1. The molecule has 2 aromatic heterocycles. The summed E-state index contributed by atoms with van der Waals surface area (Å²) in [4.78, 5) is 30.8. The Morgan fingerprint density at radius 2 is 2.00 bits per heavy atom. The minimum absolute atomic E-state index is 0. The van der Waals surface area contributed by atoms with Crippen molar-refractivity contribution in [3.05, 3.63) is 54.4 Å². The molecule has 1 amide bonds. The number of ether oxygens (including phenoxy) is 1. The van der Waals surface area contributed by atoms with Gasteiger partial charge in [-0.05, 0) is 13.0 Å². The lowest BCUT2D eigenvalue weighted by Crippen LogP contribution is -2.36. The van der Waals surface area contributed by atoms with Crippen LogP contribution in [-0.2, 0) is 4.79 Å². The molecular weight excluding hydrogens is 412 g/mol. The van der Waals surface area contributed by atoms with E-state index in [4.69, 9.17) is 4.74 Å². The summed E-state index contributed by atoms with van der Waals surface area (Å²) in [6.07, 6.45) is 5.04. The van der Waals surface area contributed by atoms with Crippen molar-refractivity contribution < 1.29 is 9.53 Å². The molecule has 0 fully saturated rings. The second-order valence-electron chi connectivity index (χ2n) is 7.30. The largest absolute Gasteiger partial charge is 0.489 e. The molecule has 8 nitrogen and oxygen atoms in total. The summed E-state index contributed by atoms with van der Waals surface area (Å²) >= 11 is 0. The van der Waals surface area contributed by atoms with E-state index in [1.165, 1.54) is 6.33 Å². The van der Waals surface area contributed by atoms with Gasteiger partial charge in [0, 0.05) is 49.0 Å². The van der Waals surface area contributed by atoms with E-state index in [2.05, 4.69) is 32.2 Å². The third kappa shape index (κ3) is 4.93. The molecule has 0 spiro atoms. The molecule has 0 saturated heterocycles. The second kappa shape index (κ2) is 9.74. The molecule has 3 heterocycles. The monoisotopic (exact) mass is 438 g/mol. The summed E-state index contributed by atoms with van der Waals surface area (Å²) in [5.41, 5.74) is 3.50. The van der Waals surface area contributed by atoms with Crippen LogP contribution in [0, 0.1) is 6.92 Å². The van der Waals surface area contributed by atoms with Crippen molar-refractivity contribution >= 4 is 30.9 Å². The van der Waals surface area contributed by atoms with Crippen molar-refractivity contribution in [1.82, 2.24) is 19.9 Å². The molecule has 9 heteroatoms. The van der Waals surface area contributed by atoms with E-state index in [1.807, 2.05) is 31.2 Å². The molecule has 0 unspecified atom stereocenters. The number of hydrogen-bond donors (Lipinski definition) is 1. The molecule has 31 heavy (non-hydrogen) atoms. The van der Waals surface area contributed by atoms with Gasteiger partial charge in [-0.1, -0.05) is 19.1 Å². The summed E-state index contributed by atoms with van der Waals surface area (Å²) in [6, 6.07) is 7.83. The van der Waals surface area contributed by atoms with E-state index in [0.29, 0.717) is 19.7 Å². The van der Waals surface area contributed by atoms with Crippen LogP contribution in [0.4, 0.5) is 11.5 Å². The first-order valence-corrected chi connectivity index (χ1v) is 9.91. The topological polar surface area (TPSA) is 93.1 Å². The van der Waals surface area contributed by atoms with Crippen molar-refractivity contribution in [1.29, 1.82) is 0 Å². The Bertz CT molecular complexity index is 1060. The molecule has 0 aliphatic carbocycles. The fraction of sp³-hybridized carbons (Fsp3) is 0.318. The fourth-order valence-electron chi connectivity index (χ4n) is 3.49. The highest BCUT2D eigenvalue weighted by Crippen LogP contribution is 2.38. The fourth-order valence-corrected chi connectivity index (χ4v) is 3.49. The lowest BCUT2D eigenvalue weighted by molar-refractivity contribution is -0.116. The van der Waals surface area contributed by atoms with Gasteiger partial charge in [0.1, 0.15) is 30.3 Å². The lowest BCUT2D eigenvalue weighted by atomic mass is 9.98. The number of anilines is 2. The minimum Gasteiger partial charge on any atom is -0.489 e. The molecule has 0 bridgehead atoms. The first-order chi connectivity index (χ1) is 14.5. The Morgan fingerprint density at radius 1 is 1.23 bits per heavy atom. The van der Waals surface area contributed by atoms with E-state index < -0.39 is 0 Å². The summed E-state index contributed by atoms with van der Waals surface area (Å²) in [6.45, 7) is 7.27. The SMILES string of the molecule is CC(=O)N1CCOc2c([C@H](C)CNc3cc(-c4cnc(C)nc4)ncn3)cccc21.S. The van der Waals surface area contributed by atoms with Gasteiger partial charge in [0.15, 0.2) is 0 Å². The number of hydrogen-bond acceptors (Lipinski definition) is 7. The number of nitrogens with zero attached hydrogens (tertiary/aromatic N) is 5. The quantitative estimate of drug-likeness (QED) is 0.653. The smallest absolute Gasteiger partial charge is 0.224 e. The minimum atomic E-state index is 0. The van der Waals surface area contributed by atoms with Crippen molar-refractivity contribution in [2.45, 2.75) is 26.7 Å². The Kier molecular flexibility index (Phi) is 7.06. The van der Waals surface area contributed by atoms with Gasteiger partial charge in [-0.25, -0.2) is 19.9 Å². The van der Waals surface area contributed by atoms with Crippen molar-refractivity contribution in [2.24, 2.45) is 0 Å². The number of aromatic nitrogens is 4. The molecule has 162 valence electrons. The third-order valence-electron chi connectivity index (χ3n) is 5.12. The normalized spacial score (nSPS) is 13.5. The average molecular weight is 439 g/mol. The Hall–Kier alpha value is -3.20. The number of carbonyl (C=O) groups excluding carboxylic acids is 1. The number of nitrogens with one attached hydrogen (secondary N) is 1. The maximum absolute atomic E-state index is 12.0. The first-order valence-electron chi connectivity index (χ1n) is 9.91. The molecule has 4 rings (SSSR count). The number of rotatable bonds is 5. The highest BCUT2D eigenvalue weighted by Gasteiger charge is 2.25. The first kappa shape index (κ1) is 22.5. The zero-order valence-corrected chi connectivity index (χ0v) is 18.8. The maximum Gasteiger partial charge on any atom is 0.224 e. The molecule has 1 N–H and O–H groups in total. The third-order valence-corrected chi connectivity index (χ3v) is 5.12. The van der Waals surface area contributed by atoms with Crippen molar-refractivity contribution in [2.75, 3.05) is 29.9 Å². The summed E-state index contributed by atoms with van der Waals surface area (Å²) in [5.74, 6) is 2.40. The highest BCUT2D eigenvalue weighted by atomic mass is 32.1. The number of aryl methyl sites for hydroxylation is 1. The predicted octanol–water partition coefficient (Wildman–Crippen LogP) is 3.32. The number of amides is 1. The van der Waals surface area contributed by atoms with Gasteiger partial charge in [0.05, 0.1) is 17.9 Å². The van der Waals surface area contributed by atoms with Crippen LogP contribution in [0.3, 0.4) is 0 Å². The highest BCUT2D eigenvalue weighted by molar-refractivity contribution is 7.59. The summed E-state index contributed by atoms with van der Waals surface area (Å²) in [5, 5.41) is 3.38. The average Bonchev–Trinajstić information content (AvgIpc) is 2.77. The van der Waals surface area contributed by atoms with Crippen LogP contribution in [0.25, 0.3) is 11.3 Å². The van der Waals surface area contributed by atoms with Gasteiger partial charge in [0.2, 0.25) is 5.91 Å². The molecule has 1 aromatic carbocycles. The van der Waals surface area contributed by atoms with E-state index in [-0.39, 0.29) is 25.3 Å². The van der Waals surface area contributed by atoms with Gasteiger partial charge in [-0.3, -0.25) is 4.79 Å². The van der Waals surface area contributed by atoms with Crippen LogP contribution in [0.2, 0.25) is 0 Å². The number of fused-ring (bicyclic) bond motifs is 1. The van der Waals surface area contributed by atoms with E-state index in [1.54, 1.807) is 24.2 Å². The van der Waals surface area contributed by atoms with Crippen molar-refractivity contribution in [3.8, 4) is 17.0 Å². The molecule has 1 aliphatic rings. The van der Waals surface area contributed by atoms with E-state index >= 15 is 0 Å². The van der Waals surface area contributed by atoms with Gasteiger partial charge in [0.25, 0.3) is 0 Å². The Balaban J connectivity index is 0.00000272. The molecular formula is C22H26N6O2S. The van der Waals surface area contributed by atoms with E-state index in [0.717, 1.165) is 39.9 Å². The zero-order valence-electron chi connectivity index (χ0n) is 17.8. The van der Waals surface area contributed by atoms with Gasteiger partial charge >= 0.3 is 0 Å². The lowest BCUT2D eigenvalue weighted by Gasteiger charge is -2.31. The van der Waals surface area contributed by atoms with Gasteiger partial charge in [-0.15, -0.1) is 0 Å². The molecule has 1 aliphatic heterocycles. The molecule has 1 atom stereocenters. The van der Waals surface area contributed by atoms with Crippen LogP contribution in [-0.4, -0.2) is 45.5 Å². The molecule has 0 radical (unpaired) electrons. The van der Waals surface area contributed by atoms with Gasteiger partial charge in [-0.2, -0.15) is 13.5 Å².